The summed E-state index contributed by atoms with van der Waals surface area (Å²) in [5, 5.41) is 18.5. The molecule has 1 amide bonds. The van der Waals surface area contributed by atoms with Crippen molar-refractivity contribution >= 4 is 44.2 Å². The molecule has 4 heterocycles. The summed E-state index contributed by atoms with van der Waals surface area (Å²) in [4.78, 5) is 24.3. The third-order valence-corrected chi connectivity index (χ3v) is 11.7. The molecular formula is C35H41F3N8OS. The Hall–Kier alpha value is -3.73. The van der Waals surface area contributed by atoms with Gasteiger partial charge in [-0.15, -0.1) is 11.3 Å². The maximum Gasteiger partial charge on any atom is 0.393 e. The second-order valence-corrected chi connectivity index (χ2v) is 15.8. The third-order valence-electron chi connectivity index (χ3n) is 10.7. The SMILES string of the molecule is Cc1c(CN2CCC(Nc3ncnc4sc(CC(F)(F)F)cc34)CC2)ccc2c1cc(C#N)n2CC12CC(NC(=O)C(N)C(C)C)(C1)C2. The molecule has 3 aromatic heterocycles. The molecule has 0 spiro atoms. The number of piperidine rings is 1. The first-order valence-electron chi connectivity index (χ1n) is 16.6. The summed E-state index contributed by atoms with van der Waals surface area (Å²) >= 11 is 1.06. The minimum atomic E-state index is -4.26. The van der Waals surface area contributed by atoms with Gasteiger partial charge in [0.2, 0.25) is 5.91 Å². The number of thiophene rings is 1. The minimum Gasteiger partial charge on any atom is -0.367 e. The topological polar surface area (TPSA) is 125 Å². The summed E-state index contributed by atoms with van der Waals surface area (Å²) < 4.78 is 41.0. The van der Waals surface area contributed by atoms with Crippen molar-refractivity contribution in [2.75, 3.05) is 18.4 Å². The van der Waals surface area contributed by atoms with Crippen LogP contribution in [0.5, 0.6) is 0 Å². The molecule has 13 heteroatoms. The van der Waals surface area contributed by atoms with Gasteiger partial charge in [0.25, 0.3) is 0 Å². The van der Waals surface area contributed by atoms with Gasteiger partial charge in [0.1, 0.15) is 28.7 Å². The molecule has 254 valence electrons. The highest BCUT2D eigenvalue weighted by atomic mass is 32.1. The van der Waals surface area contributed by atoms with Gasteiger partial charge in [-0.2, -0.15) is 18.4 Å². The van der Waals surface area contributed by atoms with E-state index in [1.807, 2.05) is 19.9 Å². The Morgan fingerprint density at radius 1 is 1.17 bits per heavy atom. The molecule has 4 N–H and O–H groups in total. The fraction of sp³-hybridized carbons (Fsp3) is 0.543. The van der Waals surface area contributed by atoms with Crippen LogP contribution in [0.3, 0.4) is 0 Å². The number of halogens is 3. The average Bonchev–Trinajstić information content (AvgIpc) is 3.57. The number of nitrogens with two attached hydrogens (primary N) is 1. The number of fused-ring (bicyclic) bond motifs is 2. The number of carbonyl (C=O) groups is 1. The first kappa shape index (κ1) is 32.8. The number of nitriles is 1. The number of aryl methyl sites for hydroxylation is 1. The number of aromatic nitrogens is 3. The van der Waals surface area contributed by atoms with E-state index in [2.05, 4.69) is 55.2 Å². The van der Waals surface area contributed by atoms with Crippen molar-refractivity contribution in [2.45, 2.75) is 96.2 Å². The number of hydrogen-bond donors (Lipinski definition) is 3. The molecule has 0 radical (unpaired) electrons. The van der Waals surface area contributed by atoms with Crippen molar-refractivity contribution < 1.29 is 18.0 Å². The van der Waals surface area contributed by atoms with Gasteiger partial charge in [0.15, 0.2) is 0 Å². The summed E-state index contributed by atoms with van der Waals surface area (Å²) in [6, 6.07) is 9.99. The standard InChI is InChI=1S/C35H41F3N8OS/c1-20(2)29(40)31(47)44-34-15-33(16-34,17-34)18-46-24(13-39)10-26-21(3)22(4-5-28(26)46)14-45-8-6-23(7-9-45)43-30-27-11-25(12-35(36,37)38)48-32(27)42-19-41-30/h4-5,10-11,19-20,23,29H,6-9,12,14-18,40H2,1-3H3,(H,44,47)(H,41,42,43). The largest absolute Gasteiger partial charge is 0.393 e. The Morgan fingerprint density at radius 2 is 1.90 bits per heavy atom. The number of likely N-dealkylation sites (tertiary alicyclic amines) is 1. The van der Waals surface area contributed by atoms with Gasteiger partial charge in [-0.3, -0.25) is 9.69 Å². The van der Waals surface area contributed by atoms with E-state index >= 15 is 0 Å². The molecule has 9 nitrogen and oxygen atoms in total. The average molecular weight is 679 g/mol. The van der Waals surface area contributed by atoms with E-state index in [0.29, 0.717) is 21.7 Å². The molecule has 2 bridgehead atoms. The first-order chi connectivity index (χ1) is 22.8. The lowest BCUT2D eigenvalue weighted by Crippen LogP contribution is -2.76. The molecule has 4 aliphatic rings. The number of anilines is 1. The molecular weight excluding hydrogens is 638 g/mol. The van der Waals surface area contributed by atoms with Gasteiger partial charge in [0.05, 0.1) is 17.8 Å². The smallest absolute Gasteiger partial charge is 0.367 e. The molecule has 1 aromatic carbocycles. The number of nitrogens with zero attached hydrogens (tertiary/aromatic N) is 5. The van der Waals surface area contributed by atoms with Crippen LogP contribution >= 0.6 is 11.3 Å². The molecule has 8 rings (SSSR count). The molecule has 1 aliphatic heterocycles. The lowest BCUT2D eigenvalue weighted by Gasteiger charge is -2.71. The Morgan fingerprint density at radius 3 is 2.56 bits per heavy atom. The zero-order valence-electron chi connectivity index (χ0n) is 27.5. The highest BCUT2D eigenvalue weighted by Crippen LogP contribution is 2.68. The molecule has 1 atom stereocenters. The van der Waals surface area contributed by atoms with Crippen LogP contribution in [0.25, 0.3) is 21.1 Å². The van der Waals surface area contributed by atoms with Crippen LogP contribution in [-0.2, 0) is 24.3 Å². The van der Waals surface area contributed by atoms with E-state index < -0.39 is 18.6 Å². The fourth-order valence-corrected chi connectivity index (χ4v) is 9.24. The number of amides is 1. The second-order valence-electron chi connectivity index (χ2n) is 14.7. The predicted molar refractivity (Wildman–Crippen MR) is 180 cm³/mol. The van der Waals surface area contributed by atoms with Crippen molar-refractivity contribution in [2.24, 2.45) is 17.1 Å². The molecule has 4 aromatic rings. The van der Waals surface area contributed by atoms with Crippen molar-refractivity contribution in [3.8, 4) is 6.07 Å². The Balaban J connectivity index is 0.973. The van der Waals surface area contributed by atoms with Crippen LogP contribution in [-0.4, -0.2) is 62.2 Å². The van der Waals surface area contributed by atoms with Gasteiger partial charge < -0.3 is 20.9 Å². The summed E-state index contributed by atoms with van der Waals surface area (Å²) in [5.74, 6) is 0.614. The summed E-state index contributed by atoms with van der Waals surface area (Å²) in [6.45, 7) is 9.36. The van der Waals surface area contributed by atoms with Crippen LogP contribution < -0.4 is 16.4 Å². The first-order valence-corrected chi connectivity index (χ1v) is 17.5. The molecule has 1 unspecified atom stereocenters. The number of alkyl halides is 3. The number of hydrogen-bond acceptors (Lipinski definition) is 8. The summed E-state index contributed by atoms with van der Waals surface area (Å²) in [7, 11) is 0. The number of rotatable bonds is 10. The van der Waals surface area contributed by atoms with Gasteiger partial charge in [0, 0.05) is 53.5 Å². The number of nitrogens with one attached hydrogen (secondary N) is 2. The summed E-state index contributed by atoms with van der Waals surface area (Å²) in [5.41, 5.74) is 10.2. The van der Waals surface area contributed by atoms with Gasteiger partial charge in [-0.1, -0.05) is 19.9 Å². The number of carbonyl (C=O) groups excluding carboxylic acids is 1. The van der Waals surface area contributed by atoms with E-state index in [-0.39, 0.29) is 33.7 Å². The Labute approximate surface area is 281 Å². The van der Waals surface area contributed by atoms with Crippen molar-refractivity contribution in [3.05, 3.63) is 52.3 Å². The van der Waals surface area contributed by atoms with Crippen LogP contribution in [0.15, 0.2) is 30.6 Å². The zero-order chi connectivity index (χ0) is 34.0. The number of benzene rings is 1. The third kappa shape index (κ3) is 6.14. The maximum atomic E-state index is 13.0. The summed E-state index contributed by atoms with van der Waals surface area (Å²) in [6.07, 6.45) is 0.697. The minimum absolute atomic E-state index is 0.0713. The molecule has 3 saturated carbocycles. The Bertz CT molecular complexity index is 1900. The van der Waals surface area contributed by atoms with Crippen molar-refractivity contribution in [3.63, 3.8) is 0 Å². The van der Waals surface area contributed by atoms with Crippen LogP contribution in [0, 0.1) is 29.6 Å². The van der Waals surface area contributed by atoms with E-state index in [4.69, 9.17) is 5.73 Å². The van der Waals surface area contributed by atoms with Gasteiger partial charge >= 0.3 is 6.18 Å². The maximum absolute atomic E-state index is 13.0. The van der Waals surface area contributed by atoms with Crippen LogP contribution in [0.4, 0.5) is 19.0 Å². The molecule has 1 saturated heterocycles. The van der Waals surface area contributed by atoms with Crippen molar-refractivity contribution in [1.82, 2.24) is 24.8 Å². The normalized spacial score (nSPS) is 23.6. The quantitative estimate of drug-likeness (QED) is 0.187. The Kier molecular flexibility index (Phi) is 8.20. The van der Waals surface area contributed by atoms with E-state index in [1.165, 1.54) is 17.5 Å². The van der Waals surface area contributed by atoms with E-state index in [9.17, 15) is 23.2 Å². The monoisotopic (exact) mass is 678 g/mol. The lowest BCUT2D eigenvalue weighted by atomic mass is 9.39. The van der Waals surface area contributed by atoms with Gasteiger partial charge in [-0.05, 0) is 79.7 Å². The van der Waals surface area contributed by atoms with E-state index in [1.54, 1.807) is 6.07 Å². The highest BCUT2D eigenvalue weighted by Gasteiger charge is 2.68. The zero-order valence-corrected chi connectivity index (χ0v) is 28.3. The molecule has 4 fully saturated rings. The molecule has 48 heavy (non-hydrogen) atoms. The molecule has 3 aliphatic carbocycles. The van der Waals surface area contributed by atoms with E-state index in [0.717, 1.165) is 80.5 Å². The predicted octanol–water partition coefficient (Wildman–Crippen LogP) is 6.03. The second kappa shape index (κ2) is 12.0. The van der Waals surface area contributed by atoms with Gasteiger partial charge in [-0.25, -0.2) is 9.97 Å². The van der Waals surface area contributed by atoms with Crippen molar-refractivity contribution in [1.29, 1.82) is 5.26 Å². The lowest BCUT2D eigenvalue weighted by molar-refractivity contribution is -0.172. The highest BCUT2D eigenvalue weighted by molar-refractivity contribution is 7.18. The van der Waals surface area contributed by atoms with Crippen LogP contribution in [0.1, 0.15) is 67.6 Å². The fourth-order valence-electron chi connectivity index (χ4n) is 8.21. The van der Waals surface area contributed by atoms with Crippen LogP contribution in [0.2, 0.25) is 0 Å².